The Labute approximate surface area is 123 Å². The summed E-state index contributed by atoms with van der Waals surface area (Å²) >= 11 is 0. The van der Waals surface area contributed by atoms with Gasteiger partial charge in [-0.1, -0.05) is 20.3 Å². The van der Waals surface area contributed by atoms with Crippen molar-refractivity contribution in [1.29, 1.82) is 0 Å². The lowest BCUT2D eigenvalue weighted by molar-refractivity contribution is -0.148. The minimum absolute atomic E-state index is 0.165. The van der Waals surface area contributed by atoms with Gasteiger partial charge in [0.1, 0.15) is 6.10 Å². The number of nitrogens with one attached hydrogen (secondary N) is 1. The molecular weight excluding hydrogens is 252 g/mol. The van der Waals surface area contributed by atoms with E-state index in [-0.39, 0.29) is 12.0 Å². The van der Waals surface area contributed by atoms with Gasteiger partial charge in [-0.2, -0.15) is 0 Å². The van der Waals surface area contributed by atoms with Crippen molar-refractivity contribution in [2.75, 3.05) is 26.2 Å². The van der Waals surface area contributed by atoms with Crippen LogP contribution in [0.25, 0.3) is 0 Å². The molecule has 3 atom stereocenters. The third-order valence-corrected chi connectivity index (χ3v) is 4.68. The normalized spacial score (nSPS) is 31.3. The molecule has 0 aliphatic carbocycles. The van der Waals surface area contributed by atoms with Gasteiger partial charge in [-0.25, -0.2) is 0 Å². The van der Waals surface area contributed by atoms with Gasteiger partial charge in [0.15, 0.2) is 0 Å². The molecular formula is C16H30N2O2. The van der Waals surface area contributed by atoms with E-state index >= 15 is 0 Å². The Hall–Kier alpha value is -0.610. The molecule has 2 saturated heterocycles. The first kappa shape index (κ1) is 15.8. The van der Waals surface area contributed by atoms with E-state index in [4.69, 9.17) is 4.74 Å². The van der Waals surface area contributed by atoms with Crippen LogP contribution in [0.2, 0.25) is 0 Å². The Morgan fingerprint density at radius 1 is 1.30 bits per heavy atom. The first-order valence-electron chi connectivity index (χ1n) is 8.40. The summed E-state index contributed by atoms with van der Waals surface area (Å²) in [5.41, 5.74) is 0. The van der Waals surface area contributed by atoms with E-state index in [1.807, 2.05) is 4.90 Å². The maximum Gasteiger partial charge on any atom is 0.251 e. The summed E-state index contributed by atoms with van der Waals surface area (Å²) in [6.07, 6.45) is 6.36. The summed E-state index contributed by atoms with van der Waals surface area (Å²) in [7, 11) is 0. The number of nitrogens with zero attached hydrogens (tertiary/aromatic N) is 1. The zero-order valence-electron chi connectivity index (χ0n) is 13.1. The zero-order valence-corrected chi connectivity index (χ0v) is 13.1. The molecule has 0 radical (unpaired) electrons. The van der Waals surface area contributed by atoms with Crippen molar-refractivity contribution in [3.63, 3.8) is 0 Å². The SMILES string of the molecule is CCCNC1CCN(C(=O)C2CCCCO2)CC1CC. The Kier molecular flexibility index (Phi) is 6.30. The molecule has 1 N–H and O–H groups in total. The summed E-state index contributed by atoms with van der Waals surface area (Å²) in [6, 6.07) is 0.580. The van der Waals surface area contributed by atoms with Crippen LogP contribution in [0.4, 0.5) is 0 Å². The molecule has 116 valence electrons. The summed E-state index contributed by atoms with van der Waals surface area (Å²) in [6.45, 7) is 8.06. The van der Waals surface area contributed by atoms with E-state index in [1.54, 1.807) is 0 Å². The molecule has 2 aliphatic rings. The Morgan fingerprint density at radius 3 is 2.80 bits per heavy atom. The molecule has 20 heavy (non-hydrogen) atoms. The molecule has 2 rings (SSSR count). The third kappa shape index (κ3) is 3.95. The van der Waals surface area contributed by atoms with E-state index in [0.717, 1.165) is 58.3 Å². The largest absolute Gasteiger partial charge is 0.368 e. The summed E-state index contributed by atoms with van der Waals surface area (Å²) < 4.78 is 5.65. The molecule has 3 unspecified atom stereocenters. The van der Waals surface area contributed by atoms with Crippen molar-refractivity contribution in [1.82, 2.24) is 10.2 Å². The summed E-state index contributed by atoms with van der Waals surface area (Å²) in [5, 5.41) is 3.64. The van der Waals surface area contributed by atoms with Crippen LogP contribution in [0.15, 0.2) is 0 Å². The minimum Gasteiger partial charge on any atom is -0.368 e. The maximum absolute atomic E-state index is 12.5. The highest BCUT2D eigenvalue weighted by molar-refractivity contribution is 5.81. The second-order valence-corrected chi connectivity index (χ2v) is 6.16. The lowest BCUT2D eigenvalue weighted by Gasteiger charge is -2.40. The van der Waals surface area contributed by atoms with Crippen molar-refractivity contribution in [3.05, 3.63) is 0 Å². The van der Waals surface area contributed by atoms with Crippen molar-refractivity contribution >= 4 is 5.91 Å². The highest BCUT2D eigenvalue weighted by atomic mass is 16.5. The summed E-state index contributed by atoms with van der Waals surface area (Å²) in [4.78, 5) is 14.6. The standard InChI is InChI=1S/C16H30N2O2/c1-3-9-17-14-8-10-18(12-13(14)4-2)16(19)15-7-5-6-11-20-15/h13-15,17H,3-12H2,1-2H3. The fourth-order valence-corrected chi connectivity index (χ4v) is 3.38. The third-order valence-electron chi connectivity index (χ3n) is 4.68. The highest BCUT2D eigenvalue weighted by Gasteiger charge is 2.33. The number of piperidine rings is 1. The number of likely N-dealkylation sites (tertiary alicyclic amines) is 1. The van der Waals surface area contributed by atoms with Gasteiger partial charge in [0.2, 0.25) is 0 Å². The van der Waals surface area contributed by atoms with Crippen LogP contribution < -0.4 is 5.32 Å². The second-order valence-electron chi connectivity index (χ2n) is 6.16. The molecule has 2 fully saturated rings. The zero-order chi connectivity index (χ0) is 14.4. The van der Waals surface area contributed by atoms with Gasteiger partial charge in [0.25, 0.3) is 5.91 Å². The molecule has 0 saturated carbocycles. The molecule has 0 aromatic rings. The number of hydrogen-bond donors (Lipinski definition) is 1. The van der Waals surface area contributed by atoms with Crippen LogP contribution in [0.5, 0.6) is 0 Å². The van der Waals surface area contributed by atoms with E-state index < -0.39 is 0 Å². The van der Waals surface area contributed by atoms with Crippen molar-refractivity contribution in [2.24, 2.45) is 5.92 Å². The van der Waals surface area contributed by atoms with E-state index in [2.05, 4.69) is 19.2 Å². The predicted octanol–water partition coefficient (Wildman–Crippen LogP) is 2.18. The average Bonchev–Trinajstić information content (AvgIpc) is 2.52. The smallest absolute Gasteiger partial charge is 0.251 e. The van der Waals surface area contributed by atoms with Crippen LogP contribution in [-0.4, -0.2) is 49.2 Å². The Morgan fingerprint density at radius 2 is 2.15 bits per heavy atom. The van der Waals surface area contributed by atoms with E-state index in [1.165, 1.54) is 6.42 Å². The monoisotopic (exact) mass is 282 g/mol. The molecule has 0 bridgehead atoms. The molecule has 4 heteroatoms. The van der Waals surface area contributed by atoms with E-state index in [0.29, 0.717) is 12.0 Å². The van der Waals surface area contributed by atoms with Crippen LogP contribution >= 0.6 is 0 Å². The Balaban J connectivity index is 1.86. The van der Waals surface area contributed by atoms with Crippen molar-refractivity contribution in [2.45, 2.75) is 64.5 Å². The number of hydrogen-bond acceptors (Lipinski definition) is 3. The number of amides is 1. The van der Waals surface area contributed by atoms with Crippen LogP contribution in [-0.2, 0) is 9.53 Å². The highest BCUT2D eigenvalue weighted by Crippen LogP contribution is 2.23. The van der Waals surface area contributed by atoms with Gasteiger partial charge >= 0.3 is 0 Å². The molecule has 2 heterocycles. The molecule has 0 aromatic heterocycles. The topological polar surface area (TPSA) is 41.6 Å². The van der Waals surface area contributed by atoms with Crippen LogP contribution in [0.1, 0.15) is 52.4 Å². The maximum atomic E-state index is 12.5. The lowest BCUT2D eigenvalue weighted by atomic mass is 9.89. The molecule has 0 aromatic carbocycles. The van der Waals surface area contributed by atoms with Crippen molar-refractivity contribution < 1.29 is 9.53 Å². The number of carbonyl (C=O) groups is 1. The molecule has 4 nitrogen and oxygen atoms in total. The molecule has 2 aliphatic heterocycles. The fourth-order valence-electron chi connectivity index (χ4n) is 3.38. The number of rotatable bonds is 5. The first-order valence-corrected chi connectivity index (χ1v) is 8.40. The van der Waals surface area contributed by atoms with Crippen LogP contribution in [0, 0.1) is 5.92 Å². The number of carbonyl (C=O) groups excluding carboxylic acids is 1. The van der Waals surface area contributed by atoms with Gasteiger partial charge in [-0.15, -0.1) is 0 Å². The van der Waals surface area contributed by atoms with Crippen LogP contribution in [0.3, 0.4) is 0 Å². The molecule has 0 spiro atoms. The van der Waals surface area contributed by atoms with Gasteiger partial charge in [0.05, 0.1) is 0 Å². The molecule has 1 amide bonds. The first-order chi connectivity index (χ1) is 9.76. The average molecular weight is 282 g/mol. The van der Waals surface area contributed by atoms with Gasteiger partial charge in [-0.3, -0.25) is 4.79 Å². The predicted molar refractivity (Wildman–Crippen MR) is 80.7 cm³/mol. The van der Waals surface area contributed by atoms with Gasteiger partial charge < -0.3 is 15.0 Å². The van der Waals surface area contributed by atoms with E-state index in [9.17, 15) is 4.79 Å². The van der Waals surface area contributed by atoms with Gasteiger partial charge in [0, 0.05) is 25.7 Å². The minimum atomic E-state index is -0.165. The second kappa shape index (κ2) is 7.99. The number of ether oxygens (including phenoxy) is 1. The quantitative estimate of drug-likeness (QED) is 0.840. The van der Waals surface area contributed by atoms with Gasteiger partial charge in [-0.05, 0) is 44.6 Å². The lowest BCUT2D eigenvalue weighted by Crippen LogP contribution is -2.53. The summed E-state index contributed by atoms with van der Waals surface area (Å²) in [5.74, 6) is 0.819. The van der Waals surface area contributed by atoms with Crippen molar-refractivity contribution in [3.8, 4) is 0 Å². The fraction of sp³-hybridized carbons (Fsp3) is 0.938. The Bertz CT molecular complexity index is 303.